The molecule has 1 aliphatic heterocycles. The smallest absolute Gasteiger partial charge is 0.262 e. The maximum absolute atomic E-state index is 12.3. The van der Waals surface area contributed by atoms with Gasteiger partial charge in [0.2, 0.25) is 0 Å². The summed E-state index contributed by atoms with van der Waals surface area (Å²) < 4.78 is 27.2. The highest BCUT2D eigenvalue weighted by Gasteiger charge is 2.50. The van der Waals surface area contributed by atoms with Crippen molar-refractivity contribution in [3.05, 3.63) is 6.33 Å². The van der Waals surface area contributed by atoms with E-state index in [0.717, 1.165) is 0 Å². The third-order valence-electron chi connectivity index (χ3n) is 3.47. The van der Waals surface area contributed by atoms with E-state index in [1.807, 2.05) is 13.8 Å². The first kappa shape index (κ1) is 13.3. The van der Waals surface area contributed by atoms with Crippen molar-refractivity contribution in [1.82, 2.24) is 13.9 Å². The minimum absolute atomic E-state index is 0.00725. The molecule has 0 saturated carbocycles. The van der Waals surface area contributed by atoms with Crippen molar-refractivity contribution >= 4 is 15.8 Å². The second-order valence-electron chi connectivity index (χ2n) is 5.08. The van der Waals surface area contributed by atoms with Gasteiger partial charge in [0, 0.05) is 20.1 Å². The van der Waals surface area contributed by atoms with E-state index < -0.39 is 15.6 Å². The Balaban J connectivity index is 2.26. The molecule has 1 aliphatic rings. The lowest BCUT2D eigenvalue weighted by Gasteiger charge is -2.47. The molecule has 2 rings (SSSR count). The van der Waals surface area contributed by atoms with Crippen LogP contribution in [0.15, 0.2) is 11.4 Å². The fourth-order valence-electron chi connectivity index (χ4n) is 1.97. The Kier molecular flexibility index (Phi) is 2.91. The second kappa shape index (κ2) is 3.94. The van der Waals surface area contributed by atoms with Crippen molar-refractivity contribution in [2.24, 2.45) is 13.0 Å². The van der Waals surface area contributed by atoms with Gasteiger partial charge in [-0.05, 0) is 5.92 Å². The Morgan fingerprint density at radius 1 is 1.50 bits per heavy atom. The molecule has 1 aromatic heterocycles. The normalized spacial score (nSPS) is 20.1. The molecular formula is C10H18N4O3S. The van der Waals surface area contributed by atoms with E-state index in [9.17, 15) is 13.5 Å². The molecule has 0 atom stereocenters. The Bertz CT molecular complexity index is 538. The standard InChI is InChI=1S/C10H18N4O3S/c1-7(2)10(15)4-14(5-10)18(16,17)9-8(11)12-6-13(9)3/h6-7,15H,4-5,11H2,1-3H3. The summed E-state index contributed by atoms with van der Waals surface area (Å²) in [6.45, 7) is 3.92. The highest BCUT2D eigenvalue weighted by molar-refractivity contribution is 7.89. The summed E-state index contributed by atoms with van der Waals surface area (Å²) in [7, 11) is -2.10. The molecule has 18 heavy (non-hydrogen) atoms. The number of imidazole rings is 1. The zero-order valence-electron chi connectivity index (χ0n) is 10.7. The average molecular weight is 274 g/mol. The van der Waals surface area contributed by atoms with Crippen LogP contribution in [0.2, 0.25) is 0 Å². The quantitative estimate of drug-likeness (QED) is 0.766. The number of anilines is 1. The monoisotopic (exact) mass is 274 g/mol. The van der Waals surface area contributed by atoms with Crippen LogP contribution in [0.25, 0.3) is 0 Å². The number of sulfonamides is 1. The average Bonchev–Trinajstić information content (AvgIpc) is 2.53. The molecule has 0 unspecified atom stereocenters. The molecule has 3 N–H and O–H groups in total. The SMILES string of the molecule is CC(C)C1(O)CN(S(=O)(=O)c2c(N)ncn2C)C1. The number of nitrogen functional groups attached to an aromatic ring is 1. The first-order valence-electron chi connectivity index (χ1n) is 5.68. The number of hydrogen-bond acceptors (Lipinski definition) is 5. The topological polar surface area (TPSA) is 101 Å². The van der Waals surface area contributed by atoms with Gasteiger partial charge in [0.1, 0.15) is 0 Å². The third kappa shape index (κ3) is 1.80. The zero-order valence-corrected chi connectivity index (χ0v) is 11.5. The van der Waals surface area contributed by atoms with Gasteiger partial charge in [-0.1, -0.05) is 13.8 Å². The first-order chi connectivity index (χ1) is 8.18. The van der Waals surface area contributed by atoms with Crippen LogP contribution in [0.5, 0.6) is 0 Å². The summed E-state index contributed by atoms with van der Waals surface area (Å²) in [4.78, 5) is 3.77. The lowest BCUT2D eigenvalue weighted by Crippen LogP contribution is -2.65. The van der Waals surface area contributed by atoms with Gasteiger partial charge in [-0.3, -0.25) is 0 Å². The molecule has 1 saturated heterocycles. The van der Waals surface area contributed by atoms with Crippen molar-refractivity contribution in [3.63, 3.8) is 0 Å². The van der Waals surface area contributed by atoms with Gasteiger partial charge in [-0.15, -0.1) is 0 Å². The van der Waals surface area contributed by atoms with Crippen LogP contribution in [0.4, 0.5) is 5.82 Å². The van der Waals surface area contributed by atoms with Crippen molar-refractivity contribution in [2.45, 2.75) is 24.5 Å². The molecule has 0 bridgehead atoms. The van der Waals surface area contributed by atoms with Crippen LogP contribution in [0, 0.1) is 5.92 Å². The molecule has 1 aromatic rings. The highest BCUT2D eigenvalue weighted by Crippen LogP contribution is 2.34. The Labute approximate surface area is 106 Å². The van der Waals surface area contributed by atoms with E-state index in [0.29, 0.717) is 0 Å². The van der Waals surface area contributed by atoms with E-state index in [4.69, 9.17) is 5.73 Å². The highest BCUT2D eigenvalue weighted by atomic mass is 32.2. The third-order valence-corrected chi connectivity index (χ3v) is 5.39. The Hall–Kier alpha value is -1.12. The lowest BCUT2D eigenvalue weighted by molar-refractivity contribution is -0.0933. The molecule has 0 spiro atoms. The molecule has 0 radical (unpaired) electrons. The van der Waals surface area contributed by atoms with Crippen LogP contribution in [-0.4, -0.2) is 46.1 Å². The van der Waals surface area contributed by atoms with Gasteiger partial charge < -0.3 is 15.4 Å². The van der Waals surface area contributed by atoms with Crippen LogP contribution >= 0.6 is 0 Å². The molecule has 102 valence electrons. The molecule has 8 heteroatoms. The Morgan fingerprint density at radius 3 is 2.44 bits per heavy atom. The summed E-state index contributed by atoms with van der Waals surface area (Å²) >= 11 is 0. The van der Waals surface area contributed by atoms with E-state index in [1.165, 1.54) is 15.2 Å². The van der Waals surface area contributed by atoms with Gasteiger partial charge in [-0.25, -0.2) is 13.4 Å². The number of β-amino-alcohol motifs (C(OH)–C–C–N with tert-alkyl or cyclic N) is 1. The molecule has 0 aliphatic carbocycles. The van der Waals surface area contributed by atoms with Crippen LogP contribution < -0.4 is 5.73 Å². The maximum Gasteiger partial charge on any atom is 0.262 e. The molecule has 2 heterocycles. The van der Waals surface area contributed by atoms with Gasteiger partial charge in [0.15, 0.2) is 10.8 Å². The molecule has 7 nitrogen and oxygen atoms in total. The fourth-order valence-corrected chi connectivity index (χ4v) is 3.73. The summed E-state index contributed by atoms with van der Waals surface area (Å²) in [6, 6.07) is 0. The number of aromatic nitrogens is 2. The van der Waals surface area contributed by atoms with Gasteiger partial charge in [0.05, 0.1) is 11.9 Å². The van der Waals surface area contributed by atoms with Crippen molar-refractivity contribution in [2.75, 3.05) is 18.8 Å². The van der Waals surface area contributed by atoms with Gasteiger partial charge in [-0.2, -0.15) is 4.31 Å². The van der Waals surface area contributed by atoms with Crippen LogP contribution in [0.1, 0.15) is 13.8 Å². The number of aryl methyl sites for hydroxylation is 1. The van der Waals surface area contributed by atoms with E-state index in [1.54, 1.807) is 7.05 Å². The molecular weight excluding hydrogens is 256 g/mol. The van der Waals surface area contributed by atoms with Crippen molar-refractivity contribution in [1.29, 1.82) is 0 Å². The van der Waals surface area contributed by atoms with Crippen molar-refractivity contribution < 1.29 is 13.5 Å². The zero-order chi connectivity index (χ0) is 13.7. The maximum atomic E-state index is 12.3. The summed E-state index contributed by atoms with van der Waals surface area (Å²) in [5.74, 6) is -0.00896. The molecule has 0 amide bonds. The second-order valence-corrected chi connectivity index (χ2v) is 6.93. The van der Waals surface area contributed by atoms with E-state index in [-0.39, 0.29) is 29.9 Å². The number of hydrogen-bond donors (Lipinski definition) is 2. The number of nitrogens with zero attached hydrogens (tertiary/aromatic N) is 3. The fraction of sp³-hybridized carbons (Fsp3) is 0.700. The number of rotatable bonds is 3. The largest absolute Gasteiger partial charge is 0.387 e. The minimum atomic E-state index is -3.68. The van der Waals surface area contributed by atoms with Gasteiger partial charge >= 0.3 is 0 Å². The van der Waals surface area contributed by atoms with E-state index >= 15 is 0 Å². The summed E-state index contributed by atoms with van der Waals surface area (Å²) in [5, 5.41) is 10.1. The molecule has 0 aromatic carbocycles. The van der Waals surface area contributed by atoms with Crippen molar-refractivity contribution in [3.8, 4) is 0 Å². The number of aliphatic hydroxyl groups is 1. The summed E-state index contributed by atoms with van der Waals surface area (Å²) in [6.07, 6.45) is 1.36. The minimum Gasteiger partial charge on any atom is -0.387 e. The molecule has 1 fully saturated rings. The predicted molar refractivity (Wildman–Crippen MR) is 66.2 cm³/mol. The Morgan fingerprint density at radius 2 is 2.06 bits per heavy atom. The van der Waals surface area contributed by atoms with E-state index in [2.05, 4.69) is 4.98 Å². The number of nitrogens with two attached hydrogens (primary N) is 1. The first-order valence-corrected chi connectivity index (χ1v) is 7.12. The summed E-state index contributed by atoms with van der Waals surface area (Å²) in [5.41, 5.74) is 4.63. The van der Waals surface area contributed by atoms with Crippen LogP contribution in [0.3, 0.4) is 0 Å². The van der Waals surface area contributed by atoms with Crippen LogP contribution in [-0.2, 0) is 17.1 Å². The lowest BCUT2D eigenvalue weighted by atomic mass is 9.85. The van der Waals surface area contributed by atoms with Gasteiger partial charge in [0.25, 0.3) is 10.0 Å². The predicted octanol–water partition coefficient (Wildman–Crippen LogP) is -0.606.